The van der Waals surface area contributed by atoms with Crippen LogP contribution < -0.4 is 4.72 Å². The van der Waals surface area contributed by atoms with Crippen molar-refractivity contribution >= 4 is 19.9 Å². The summed E-state index contributed by atoms with van der Waals surface area (Å²) in [6, 6.07) is 0.788. The van der Waals surface area contributed by atoms with E-state index in [1.54, 1.807) is 7.05 Å². The van der Waals surface area contributed by atoms with E-state index in [0.29, 0.717) is 18.5 Å². The van der Waals surface area contributed by atoms with Crippen LogP contribution in [-0.4, -0.2) is 44.1 Å². The SMILES string of the molecule is Cn1cc(S(=O)(=O)NC2CCCS(=O)(=O)C2)cc1CO. The van der Waals surface area contributed by atoms with Gasteiger partial charge in [0.05, 0.1) is 23.0 Å². The van der Waals surface area contributed by atoms with Crippen molar-refractivity contribution in [2.45, 2.75) is 30.4 Å². The molecule has 114 valence electrons. The first-order chi connectivity index (χ1) is 9.23. The molecule has 0 aromatic carbocycles. The van der Waals surface area contributed by atoms with Crippen LogP contribution in [0.5, 0.6) is 0 Å². The van der Waals surface area contributed by atoms with Crippen molar-refractivity contribution in [1.82, 2.24) is 9.29 Å². The number of sulfone groups is 1. The van der Waals surface area contributed by atoms with Crippen molar-refractivity contribution in [3.8, 4) is 0 Å². The summed E-state index contributed by atoms with van der Waals surface area (Å²) >= 11 is 0. The fourth-order valence-electron chi connectivity index (χ4n) is 2.28. The Hall–Kier alpha value is -0.900. The van der Waals surface area contributed by atoms with Crippen LogP contribution in [0.25, 0.3) is 0 Å². The number of hydrogen-bond acceptors (Lipinski definition) is 5. The number of nitrogens with one attached hydrogen (secondary N) is 1. The van der Waals surface area contributed by atoms with Gasteiger partial charge < -0.3 is 9.67 Å². The van der Waals surface area contributed by atoms with Crippen LogP contribution in [0.3, 0.4) is 0 Å². The molecule has 0 amide bonds. The summed E-state index contributed by atoms with van der Waals surface area (Å²) in [7, 11) is -5.30. The monoisotopic (exact) mass is 322 g/mol. The van der Waals surface area contributed by atoms with Crippen LogP contribution in [0.1, 0.15) is 18.5 Å². The van der Waals surface area contributed by atoms with Crippen LogP contribution in [-0.2, 0) is 33.5 Å². The number of aliphatic hydroxyl groups excluding tert-OH is 1. The summed E-state index contributed by atoms with van der Waals surface area (Å²) in [6.07, 6.45) is 2.37. The largest absolute Gasteiger partial charge is 0.390 e. The zero-order chi connectivity index (χ0) is 15.0. The molecule has 2 heterocycles. The van der Waals surface area contributed by atoms with Gasteiger partial charge in [0.15, 0.2) is 9.84 Å². The van der Waals surface area contributed by atoms with Crippen LogP contribution in [0.4, 0.5) is 0 Å². The van der Waals surface area contributed by atoms with E-state index in [1.807, 2.05) is 0 Å². The summed E-state index contributed by atoms with van der Waals surface area (Å²) in [5, 5.41) is 9.07. The lowest BCUT2D eigenvalue weighted by atomic mass is 10.2. The summed E-state index contributed by atoms with van der Waals surface area (Å²) in [5.41, 5.74) is 0.474. The molecule has 1 atom stereocenters. The van der Waals surface area contributed by atoms with Gasteiger partial charge in [0, 0.05) is 25.0 Å². The van der Waals surface area contributed by atoms with Gasteiger partial charge in [-0.15, -0.1) is 0 Å². The Kier molecular flexibility index (Phi) is 4.24. The molecule has 1 aromatic heterocycles. The molecule has 1 aliphatic rings. The van der Waals surface area contributed by atoms with E-state index >= 15 is 0 Å². The predicted octanol–water partition coefficient (Wildman–Crippen LogP) is -0.627. The molecule has 0 bridgehead atoms. The molecule has 1 fully saturated rings. The molecule has 1 aromatic rings. The molecular formula is C11H18N2O5S2. The predicted molar refractivity (Wildman–Crippen MR) is 73.3 cm³/mol. The first-order valence-electron chi connectivity index (χ1n) is 6.22. The van der Waals surface area contributed by atoms with Crippen molar-refractivity contribution in [1.29, 1.82) is 0 Å². The second kappa shape index (κ2) is 5.47. The van der Waals surface area contributed by atoms with Gasteiger partial charge in [0.1, 0.15) is 0 Å². The molecule has 0 saturated carbocycles. The molecule has 1 unspecified atom stereocenters. The fourth-order valence-corrected chi connectivity index (χ4v) is 5.39. The summed E-state index contributed by atoms with van der Waals surface area (Å²) < 4.78 is 51.4. The second-order valence-electron chi connectivity index (χ2n) is 5.01. The third kappa shape index (κ3) is 3.40. The van der Waals surface area contributed by atoms with E-state index in [0.717, 1.165) is 0 Å². The van der Waals surface area contributed by atoms with Crippen molar-refractivity contribution in [3.05, 3.63) is 18.0 Å². The molecule has 0 spiro atoms. The van der Waals surface area contributed by atoms with Crippen LogP contribution in [0.2, 0.25) is 0 Å². The molecule has 0 radical (unpaired) electrons. The maximum Gasteiger partial charge on any atom is 0.242 e. The number of aryl methyl sites for hydroxylation is 1. The van der Waals surface area contributed by atoms with Crippen molar-refractivity contribution in [2.24, 2.45) is 7.05 Å². The van der Waals surface area contributed by atoms with E-state index in [4.69, 9.17) is 5.11 Å². The Balaban J connectivity index is 2.18. The molecule has 7 nitrogen and oxygen atoms in total. The van der Waals surface area contributed by atoms with E-state index in [1.165, 1.54) is 16.8 Å². The average Bonchev–Trinajstić information content (AvgIpc) is 2.69. The first kappa shape index (κ1) is 15.5. The van der Waals surface area contributed by atoms with Gasteiger partial charge >= 0.3 is 0 Å². The van der Waals surface area contributed by atoms with E-state index < -0.39 is 25.9 Å². The van der Waals surface area contributed by atoms with Crippen molar-refractivity contribution < 1.29 is 21.9 Å². The lowest BCUT2D eigenvalue weighted by Gasteiger charge is -2.22. The fraction of sp³-hybridized carbons (Fsp3) is 0.636. The molecule has 1 aliphatic heterocycles. The minimum absolute atomic E-state index is 0.0343. The minimum Gasteiger partial charge on any atom is -0.390 e. The number of sulfonamides is 1. The lowest BCUT2D eigenvalue weighted by Crippen LogP contribution is -2.43. The Bertz CT molecular complexity index is 690. The number of aromatic nitrogens is 1. The first-order valence-corrected chi connectivity index (χ1v) is 9.53. The standard InChI is InChI=1S/C11H18N2O5S2/c1-13-6-11(5-10(13)7-14)20(17,18)12-9-3-2-4-19(15,16)8-9/h5-6,9,12,14H,2-4,7-8H2,1H3. The molecule has 9 heteroatoms. The normalized spacial score (nSPS) is 22.8. The highest BCUT2D eigenvalue weighted by molar-refractivity contribution is 7.91. The smallest absolute Gasteiger partial charge is 0.242 e. The minimum atomic E-state index is -3.77. The summed E-state index contributed by atoms with van der Waals surface area (Å²) in [5.74, 6) is -0.0445. The van der Waals surface area contributed by atoms with Crippen LogP contribution in [0.15, 0.2) is 17.2 Å². The molecular weight excluding hydrogens is 304 g/mol. The molecule has 0 aliphatic carbocycles. The molecule has 2 rings (SSSR count). The topological polar surface area (TPSA) is 105 Å². The highest BCUT2D eigenvalue weighted by atomic mass is 32.2. The Morgan fingerprint density at radius 1 is 1.50 bits per heavy atom. The maximum atomic E-state index is 12.2. The lowest BCUT2D eigenvalue weighted by molar-refractivity contribution is 0.272. The Morgan fingerprint density at radius 2 is 2.20 bits per heavy atom. The zero-order valence-corrected chi connectivity index (χ0v) is 12.7. The number of aliphatic hydroxyl groups is 1. The summed E-state index contributed by atoms with van der Waals surface area (Å²) in [4.78, 5) is 0.0343. The second-order valence-corrected chi connectivity index (χ2v) is 8.95. The Morgan fingerprint density at radius 3 is 2.75 bits per heavy atom. The maximum absolute atomic E-state index is 12.2. The Labute approximate surface area is 118 Å². The van der Waals surface area contributed by atoms with Gasteiger partial charge in [0.2, 0.25) is 10.0 Å². The summed E-state index contributed by atoms with van der Waals surface area (Å²) in [6.45, 7) is -0.260. The van der Waals surface area contributed by atoms with E-state index in [2.05, 4.69) is 4.72 Å². The van der Waals surface area contributed by atoms with Gasteiger partial charge in [-0.3, -0.25) is 0 Å². The van der Waals surface area contributed by atoms with Gasteiger partial charge in [-0.2, -0.15) is 0 Å². The highest BCUT2D eigenvalue weighted by Crippen LogP contribution is 2.17. The van der Waals surface area contributed by atoms with Gasteiger partial charge in [-0.05, 0) is 18.9 Å². The number of rotatable bonds is 4. The van der Waals surface area contributed by atoms with Gasteiger partial charge in [-0.1, -0.05) is 0 Å². The molecule has 1 saturated heterocycles. The third-order valence-corrected chi connectivity index (χ3v) is 6.65. The average molecular weight is 322 g/mol. The zero-order valence-electron chi connectivity index (χ0n) is 11.1. The van der Waals surface area contributed by atoms with Gasteiger partial charge in [-0.25, -0.2) is 21.6 Å². The van der Waals surface area contributed by atoms with E-state index in [9.17, 15) is 16.8 Å². The van der Waals surface area contributed by atoms with Crippen molar-refractivity contribution in [3.63, 3.8) is 0 Å². The number of nitrogens with zero attached hydrogens (tertiary/aromatic N) is 1. The molecule has 2 N–H and O–H groups in total. The third-order valence-electron chi connectivity index (χ3n) is 3.34. The number of hydrogen-bond donors (Lipinski definition) is 2. The highest BCUT2D eigenvalue weighted by Gasteiger charge is 2.29. The van der Waals surface area contributed by atoms with Crippen LogP contribution >= 0.6 is 0 Å². The quantitative estimate of drug-likeness (QED) is 0.768. The van der Waals surface area contributed by atoms with Crippen molar-refractivity contribution in [2.75, 3.05) is 11.5 Å². The van der Waals surface area contributed by atoms with E-state index in [-0.39, 0.29) is 23.0 Å². The van der Waals surface area contributed by atoms with Crippen LogP contribution in [0, 0.1) is 0 Å². The molecule has 20 heavy (non-hydrogen) atoms. The van der Waals surface area contributed by atoms with Gasteiger partial charge in [0.25, 0.3) is 0 Å².